The SMILES string of the molecule is CC(C)C1=CI2CC(C)C2C(Nc2ccc3ncc(C(C=NCc4ccncc4)=CN)cc3n2)=C1. The van der Waals surface area contributed by atoms with Crippen LogP contribution >= 0.6 is 19.8 Å². The standard InChI is InChI=1S/C28H31IN6/c1-18(2)21-10-26(28-19(3)12-29(28)13-21)35-27-5-4-24-25(34-27)11-22(17-33-24)23(14-30)16-32-15-20-6-8-31-9-7-20/h4-11,13-14,16-19,28H,12,15,30H2,1-3H3,(H,34,35). The van der Waals surface area contributed by atoms with E-state index in [1.165, 1.54) is 15.7 Å². The van der Waals surface area contributed by atoms with Gasteiger partial charge < -0.3 is 0 Å². The summed E-state index contributed by atoms with van der Waals surface area (Å²) in [4.78, 5) is 18.1. The normalized spacial score (nSPS) is 21.0. The first kappa shape index (κ1) is 23.7. The Balaban J connectivity index is 1.37. The van der Waals surface area contributed by atoms with Crippen LogP contribution in [0.4, 0.5) is 5.82 Å². The van der Waals surface area contributed by atoms with Gasteiger partial charge in [0.15, 0.2) is 0 Å². The summed E-state index contributed by atoms with van der Waals surface area (Å²) in [5.74, 6) is 2.17. The molecule has 6 nitrogen and oxygen atoms in total. The van der Waals surface area contributed by atoms with Crippen LogP contribution < -0.4 is 11.1 Å². The van der Waals surface area contributed by atoms with E-state index in [0.29, 0.717) is 16.4 Å². The number of pyridine rings is 3. The second-order valence-corrected chi connectivity index (χ2v) is 14.7. The number of nitrogens with one attached hydrogen (secondary N) is 1. The minimum atomic E-state index is -1.05. The number of allylic oxidation sites excluding steroid dienone is 4. The monoisotopic (exact) mass is 578 g/mol. The second-order valence-electron chi connectivity index (χ2n) is 9.36. The van der Waals surface area contributed by atoms with E-state index in [9.17, 15) is 0 Å². The zero-order chi connectivity index (χ0) is 24.4. The number of nitrogens with two attached hydrogens (primary N) is 1. The van der Waals surface area contributed by atoms with Crippen LogP contribution in [0.2, 0.25) is 0 Å². The van der Waals surface area contributed by atoms with Gasteiger partial charge in [-0.05, 0) is 17.7 Å². The average molecular weight is 579 g/mol. The topological polar surface area (TPSA) is 89.1 Å². The Bertz CT molecular complexity index is 1340. The van der Waals surface area contributed by atoms with Crippen LogP contribution in [0.1, 0.15) is 31.9 Å². The molecule has 7 heteroatoms. The molecule has 2 unspecified atom stereocenters. The molecule has 0 bridgehead atoms. The van der Waals surface area contributed by atoms with Gasteiger partial charge in [-0.1, -0.05) is 0 Å². The van der Waals surface area contributed by atoms with Gasteiger partial charge in [0.05, 0.1) is 0 Å². The van der Waals surface area contributed by atoms with Gasteiger partial charge >= 0.3 is 180 Å². The molecule has 1 saturated heterocycles. The van der Waals surface area contributed by atoms with Crippen LogP contribution in [0.3, 0.4) is 0 Å². The van der Waals surface area contributed by atoms with E-state index in [0.717, 1.165) is 39.5 Å². The summed E-state index contributed by atoms with van der Waals surface area (Å²) in [6.45, 7) is 7.51. The third-order valence-electron chi connectivity index (χ3n) is 6.35. The Kier molecular flexibility index (Phi) is 6.95. The number of fused-ring (bicyclic) bond motifs is 2. The third-order valence-corrected chi connectivity index (χ3v) is 13.9. The van der Waals surface area contributed by atoms with Crippen molar-refractivity contribution in [1.29, 1.82) is 0 Å². The van der Waals surface area contributed by atoms with Crippen molar-refractivity contribution in [3.05, 3.63) is 87.7 Å². The molecule has 0 aliphatic carbocycles. The van der Waals surface area contributed by atoms with Crippen LogP contribution in [0.5, 0.6) is 0 Å². The van der Waals surface area contributed by atoms with Gasteiger partial charge in [-0.2, -0.15) is 0 Å². The van der Waals surface area contributed by atoms with Crippen molar-refractivity contribution in [3.8, 4) is 0 Å². The summed E-state index contributed by atoms with van der Waals surface area (Å²) in [6.07, 6.45) is 11.1. The van der Waals surface area contributed by atoms with E-state index in [1.807, 2.05) is 36.5 Å². The van der Waals surface area contributed by atoms with Gasteiger partial charge in [-0.3, -0.25) is 4.98 Å². The molecule has 3 aromatic rings. The first-order valence-electron chi connectivity index (χ1n) is 11.9. The van der Waals surface area contributed by atoms with Crippen molar-refractivity contribution < 1.29 is 0 Å². The molecule has 2 atom stereocenters. The van der Waals surface area contributed by atoms with E-state index >= 15 is 0 Å². The van der Waals surface area contributed by atoms with Gasteiger partial charge in [0.25, 0.3) is 0 Å². The molecule has 0 aromatic carbocycles. The minimum absolute atomic E-state index is 0.555. The summed E-state index contributed by atoms with van der Waals surface area (Å²) in [6, 6.07) is 10.00. The molecule has 35 heavy (non-hydrogen) atoms. The molecule has 0 spiro atoms. The fraction of sp³-hybridized carbons (Fsp3) is 0.286. The molecular weight excluding hydrogens is 547 g/mol. The molecule has 2 aliphatic heterocycles. The number of rotatable bonds is 7. The molecule has 5 rings (SSSR count). The summed E-state index contributed by atoms with van der Waals surface area (Å²) in [7, 11) is 0. The molecule has 5 heterocycles. The van der Waals surface area contributed by atoms with Crippen molar-refractivity contribution in [2.45, 2.75) is 31.2 Å². The van der Waals surface area contributed by atoms with Gasteiger partial charge in [0.2, 0.25) is 0 Å². The molecule has 2 aliphatic rings. The Morgan fingerprint density at radius 3 is 2.80 bits per heavy atom. The van der Waals surface area contributed by atoms with Crippen molar-refractivity contribution >= 4 is 48.5 Å². The van der Waals surface area contributed by atoms with E-state index < -0.39 is 19.8 Å². The Morgan fingerprint density at radius 2 is 2.06 bits per heavy atom. The van der Waals surface area contributed by atoms with E-state index in [2.05, 4.69) is 51.2 Å². The van der Waals surface area contributed by atoms with Crippen LogP contribution in [0.15, 0.2) is 81.5 Å². The van der Waals surface area contributed by atoms with Crippen LogP contribution in [-0.4, -0.2) is 29.5 Å². The predicted molar refractivity (Wildman–Crippen MR) is 155 cm³/mol. The van der Waals surface area contributed by atoms with Crippen LogP contribution in [0, 0.1) is 11.8 Å². The van der Waals surface area contributed by atoms with Crippen LogP contribution in [-0.2, 0) is 6.54 Å². The molecule has 0 saturated carbocycles. The van der Waals surface area contributed by atoms with Crippen molar-refractivity contribution in [3.63, 3.8) is 0 Å². The summed E-state index contributed by atoms with van der Waals surface area (Å²) in [5.41, 5.74) is 13.3. The summed E-state index contributed by atoms with van der Waals surface area (Å²) in [5, 5.41) is 3.68. The van der Waals surface area contributed by atoms with Crippen molar-refractivity contribution in [1.82, 2.24) is 15.0 Å². The van der Waals surface area contributed by atoms with E-state index in [-0.39, 0.29) is 0 Å². The number of aliphatic imine (C=N–C) groups is 1. The molecule has 0 radical (unpaired) electrons. The summed E-state index contributed by atoms with van der Waals surface area (Å²) >= 11 is -1.05. The molecule has 180 valence electrons. The molecule has 3 aromatic heterocycles. The Morgan fingerprint density at radius 1 is 1.23 bits per heavy atom. The first-order chi connectivity index (χ1) is 17.0. The first-order valence-corrected chi connectivity index (χ1v) is 15.9. The average Bonchev–Trinajstić information content (AvgIpc) is 2.85. The number of hydrogen-bond donors (Lipinski definition) is 2. The van der Waals surface area contributed by atoms with Crippen molar-refractivity contribution in [2.75, 3.05) is 9.74 Å². The van der Waals surface area contributed by atoms with Gasteiger partial charge in [-0.25, -0.2) is 0 Å². The van der Waals surface area contributed by atoms with Gasteiger partial charge in [0.1, 0.15) is 0 Å². The number of hydrogen-bond acceptors (Lipinski definition) is 6. The van der Waals surface area contributed by atoms with Crippen molar-refractivity contribution in [2.24, 2.45) is 22.6 Å². The van der Waals surface area contributed by atoms with Gasteiger partial charge in [-0.15, -0.1) is 0 Å². The summed E-state index contributed by atoms with van der Waals surface area (Å²) < 4.78 is 4.75. The molecule has 0 amide bonds. The van der Waals surface area contributed by atoms with Crippen LogP contribution in [0.25, 0.3) is 16.6 Å². The Hall–Kier alpha value is -3.07. The zero-order valence-electron chi connectivity index (χ0n) is 20.3. The number of nitrogens with zero attached hydrogens (tertiary/aromatic N) is 4. The third kappa shape index (κ3) is 5.15. The number of halogens is 1. The maximum absolute atomic E-state index is 5.93. The van der Waals surface area contributed by atoms with Gasteiger partial charge in [0, 0.05) is 12.4 Å². The molecular formula is C28H31IN6. The predicted octanol–water partition coefficient (Wildman–Crippen LogP) is 5.97. The number of alkyl halides is 2. The number of anilines is 1. The fourth-order valence-electron chi connectivity index (χ4n) is 4.37. The second kappa shape index (κ2) is 10.3. The number of aromatic nitrogens is 3. The van der Waals surface area contributed by atoms with E-state index in [4.69, 9.17) is 10.7 Å². The molecule has 1 fully saturated rings. The fourth-order valence-corrected chi connectivity index (χ4v) is 11.6. The van der Waals surface area contributed by atoms with E-state index in [1.54, 1.807) is 24.8 Å². The quantitative estimate of drug-likeness (QED) is 0.205. The Labute approximate surface area is 214 Å². The molecule has 3 N–H and O–H groups in total. The maximum atomic E-state index is 5.93. The zero-order valence-corrected chi connectivity index (χ0v) is 22.5.